The quantitative estimate of drug-likeness (QED) is 0.847. The molecule has 2 aromatic rings. The fourth-order valence-electron chi connectivity index (χ4n) is 3.50. The molecule has 0 aromatic heterocycles. The minimum Gasteiger partial charge on any atom is -0.387 e. The van der Waals surface area contributed by atoms with Crippen LogP contribution in [0.25, 0.3) is 0 Å². The monoisotopic (exact) mass is 309 g/mol. The molecule has 0 aliphatic carbocycles. The summed E-state index contributed by atoms with van der Waals surface area (Å²) in [4.78, 5) is 2.42. The number of nitrogens with zero attached hydrogens (tertiary/aromatic N) is 1. The molecule has 1 unspecified atom stereocenters. The van der Waals surface area contributed by atoms with E-state index in [0.717, 1.165) is 38.0 Å². The van der Waals surface area contributed by atoms with Crippen LogP contribution in [0.4, 0.5) is 0 Å². The average molecular weight is 309 g/mol. The lowest BCUT2D eigenvalue weighted by Gasteiger charge is -2.22. The maximum Gasteiger partial charge on any atom is 0.0919 e. The Labute approximate surface area is 139 Å². The van der Waals surface area contributed by atoms with Crippen molar-refractivity contribution in [2.45, 2.75) is 38.7 Å². The van der Waals surface area contributed by atoms with Crippen LogP contribution in [0.15, 0.2) is 48.5 Å². The molecule has 0 fully saturated rings. The summed E-state index contributed by atoms with van der Waals surface area (Å²) >= 11 is 0. The molecule has 1 atom stereocenters. The molecule has 23 heavy (non-hydrogen) atoms. The number of aliphatic hydroxyl groups is 1. The van der Waals surface area contributed by atoms with Crippen LogP contribution in [-0.2, 0) is 12.8 Å². The second-order valence-electron chi connectivity index (χ2n) is 6.71. The van der Waals surface area contributed by atoms with Gasteiger partial charge >= 0.3 is 0 Å². The summed E-state index contributed by atoms with van der Waals surface area (Å²) in [6, 6.07) is 17.1. The van der Waals surface area contributed by atoms with Crippen molar-refractivity contribution in [2.24, 2.45) is 0 Å². The highest BCUT2D eigenvalue weighted by Crippen LogP contribution is 2.24. The van der Waals surface area contributed by atoms with Gasteiger partial charge in [0.15, 0.2) is 0 Å². The first-order valence-corrected chi connectivity index (χ1v) is 8.76. The molecule has 0 radical (unpaired) electrons. The van der Waals surface area contributed by atoms with E-state index in [1.54, 1.807) is 0 Å². The van der Waals surface area contributed by atoms with Crippen molar-refractivity contribution in [3.63, 3.8) is 0 Å². The average Bonchev–Trinajstić information content (AvgIpc) is 2.71. The number of aliphatic hydroxyl groups excluding tert-OH is 1. The molecule has 2 heteroatoms. The lowest BCUT2D eigenvalue weighted by Crippen LogP contribution is -2.29. The van der Waals surface area contributed by atoms with Gasteiger partial charge in [-0.25, -0.2) is 0 Å². The van der Waals surface area contributed by atoms with Gasteiger partial charge in [0.2, 0.25) is 0 Å². The van der Waals surface area contributed by atoms with E-state index < -0.39 is 0 Å². The summed E-state index contributed by atoms with van der Waals surface area (Å²) in [5, 5.41) is 10.5. The molecule has 122 valence electrons. The number of β-amino-alcohol motifs (C(OH)–C–C–N with tert-alkyl or cyclic N) is 1. The van der Waals surface area contributed by atoms with Crippen LogP contribution in [0, 0.1) is 6.92 Å². The molecule has 1 aliphatic rings. The van der Waals surface area contributed by atoms with Gasteiger partial charge in [-0.05, 0) is 55.8 Å². The summed E-state index contributed by atoms with van der Waals surface area (Å²) in [5.74, 6) is 0. The van der Waals surface area contributed by atoms with E-state index in [2.05, 4.69) is 60.4 Å². The van der Waals surface area contributed by atoms with Gasteiger partial charge in [0.05, 0.1) is 6.10 Å². The van der Waals surface area contributed by atoms with E-state index in [1.165, 1.54) is 29.5 Å². The van der Waals surface area contributed by atoms with Crippen LogP contribution in [0.5, 0.6) is 0 Å². The maximum atomic E-state index is 10.5. The van der Waals surface area contributed by atoms with E-state index in [1.807, 2.05) is 0 Å². The van der Waals surface area contributed by atoms with E-state index in [0.29, 0.717) is 0 Å². The Balaban J connectivity index is 1.49. The van der Waals surface area contributed by atoms with Gasteiger partial charge < -0.3 is 10.0 Å². The number of benzene rings is 2. The van der Waals surface area contributed by atoms with Crippen molar-refractivity contribution in [1.29, 1.82) is 0 Å². The molecule has 0 amide bonds. The van der Waals surface area contributed by atoms with Crippen molar-refractivity contribution in [3.8, 4) is 0 Å². The Morgan fingerprint density at radius 2 is 1.91 bits per heavy atom. The molecule has 1 aliphatic heterocycles. The first-order chi connectivity index (χ1) is 11.2. The normalized spacial score (nSPS) is 18.4. The van der Waals surface area contributed by atoms with E-state index in [4.69, 9.17) is 0 Å². The minimum atomic E-state index is -0.345. The van der Waals surface area contributed by atoms with Crippen LogP contribution < -0.4 is 0 Å². The molecular weight excluding hydrogens is 282 g/mol. The van der Waals surface area contributed by atoms with Gasteiger partial charge in [0.1, 0.15) is 0 Å². The predicted molar refractivity (Wildman–Crippen MR) is 95.7 cm³/mol. The molecular formula is C21H27NO. The van der Waals surface area contributed by atoms with Crippen molar-refractivity contribution in [3.05, 3.63) is 70.8 Å². The zero-order valence-corrected chi connectivity index (χ0v) is 14.0. The second-order valence-corrected chi connectivity index (χ2v) is 6.71. The molecule has 0 saturated heterocycles. The summed E-state index contributed by atoms with van der Waals surface area (Å²) in [6.45, 7) is 5.02. The fraction of sp³-hybridized carbons (Fsp3) is 0.429. The van der Waals surface area contributed by atoms with Crippen molar-refractivity contribution in [1.82, 2.24) is 4.90 Å². The molecule has 2 aromatic carbocycles. The SMILES string of the molecule is Cc1ccc2c(c1)CCN(CCCCc1ccccc1)CC2O. The van der Waals surface area contributed by atoms with Crippen LogP contribution in [0.3, 0.4) is 0 Å². The number of aryl methyl sites for hydroxylation is 2. The molecule has 0 bridgehead atoms. The fourth-order valence-corrected chi connectivity index (χ4v) is 3.50. The Bertz CT molecular complexity index is 623. The largest absolute Gasteiger partial charge is 0.387 e. The lowest BCUT2D eigenvalue weighted by molar-refractivity contribution is 0.119. The number of rotatable bonds is 5. The molecule has 3 rings (SSSR count). The molecule has 1 heterocycles. The predicted octanol–water partition coefficient (Wildman–Crippen LogP) is 3.91. The number of unbranched alkanes of at least 4 members (excludes halogenated alkanes) is 1. The molecule has 0 saturated carbocycles. The number of hydrogen-bond acceptors (Lipinski definition) is 2. The van der Waals surface area contributed by atoms with Gasteiger partial charge in [-0.2, -0.15) is 0 Å². The first kappa shape index (κ1) is 16.2. The van der Waals surface area contributed by atoms with E-state index >= 15 is 0 Å². The van der Waals surface area contributed by atoms with E-state index in [-0.39, 0.29) is 6.10 Å². The van der Waals surface area contributed by atoms with Crippen molar-refractivity contribution < 1.29 is 5.11 Å². The third-order valence-corrected chi connectivity index (χ3v) is 4.82. The Morgan fingerprint density at radius 1 is 1.09 bits per heavy atom. The first-order valence-electron chi connectivity index (χ1n) is 8.76. The van der Waals surface area contributed by atoms with E-state index in [9.17, 15) is 5.11 Å². The summed E-state index contributed by atoms with van der Waals surface area (Å²) < 4.78 is 0. The zero-order valence-electron chi connectivity index (χ0n) is 14.0. The number of hydrogen-bond donors (Lipinski definition) is 1. The van der Waals surface area contributed by atoms with Crippen molar-refractivity contribution in [2.75, 3.05) is 19.6 Å². The standard InChI is InChI=1S/C21H27NO/c1-17-10-11-20-19(15-17)12-14-22(16-21(20)23)13-6-5-9-18-7-3-2-4-8-18/h2-4,7-8,10-11,15,21,23H,5-6,9,12-14,16H2,1H3. The van der Waals surface area contributed by atoms with Gasteiger partial charge in [-0.15, -0.1) is 0 Å². The molecule has 2 nitrogen and oxygen atoms in total. The Hall–Kier alpha value is -1.64. The van der Waals surface area contributed by atoms with Crippen LogP contribution in [-0.4, -0.2) is 29.6 Å². The third-order valence-electron chi connectivity index (χ3n) is 4.82. The lowest BCUT2D eigenvalue weighted by atomic mass is 9.99. The van der Waals surface area contributed by atoms with Gasteiger partial charge in [-0.1, -0.05) is 54.1 Å². The highest BCUT2D eigenvalue weighted by atomic mass is 16.3. The second kappa shape index (κ2) is 7.76. The summed E-state index contributed by atoms with van der Waals surface area (Å²) in [6.07, 6.45) is 4.26. The summed E-state index contributed by atoms with van der Waals surface area (Å²) in [5.41, 5.74) is 5.16. The maximum absolute atomic E-state index is 10.5. The Morgan fingerprint density at radius 3 is 2.74 bits per heavy atom. The van der Waals surface area contributed by atoms with Gasteiger partial charge in [0.25, 0.3) is 0 Å². The number of fused-ring (bicyclic) bond motifs is 1. The van der Waals surface area contributed by atoms with Crippen LogP contribution >= 0.6 is 0 Å². The zero-order chi connectivity index (χ0) is 16.1. The van der Waals surface area contributed by atoms with Crippen LogP contribution in [0.2, 0.25) is 0 Å². The molecule has 0 spiro atoms. The van der Waals surface area contributed by atoms with Crippen LogP contribution in [0.1, 0.15) is 41.2 Å². The topological polar surface area (TPSA) is 23.5 Å². The molecule has 1 N–H and O–H groups in total. The van der Waals surface area contributed by atoms with Gasteiger partial charge in [0, 0.05) is 13.1 Å². The summed E-state index contributed by atoms with van der Waals surface area (Å²) in [7, 11) is 0. The minimum absolute atomic E-state index is 0.345. The third kappa shape index (κ3) is 4.43. The Kier molecular flexibility index (Phi) is 5.47. The smallest absolute Gasteiger partial charge is 0.0919 e. The highest BCUT2D eigenvalue weighted by Gasteiger charge is 2.20. The van der Waals surface area contributed by atoms with Crippen molar-refractivity contribution >= 4 is 0 Å². The van der Waals surface area contributed by atoms with Gasteiger partial charge in [-0.3, -0.25) is 0 Å². The highest BCUT2D eigenvalue weighted by molar-refractivity contribution is 5.34.